The summed E-state index contributed by atoms with van der Waals surface area (Å²) in [5.41, 5.74) is 2.04. The minimum Gasteiger partial charge on any atom is -0.338 e. The molecule has 1 N–H and O–H groups in total. The summed E-state index contributed by atoms with van der Waals surface area (Å²) in [7, 11) is 0. The Morgan fingerprint density at radius 1 is 1.45 bits per heavy atom. The Kier molecular flexibility index (Phi) is 3.53. The smallest absolute Gasteiger partial charge is 0.234 e. The van der Waals surface area contributed by atoms with Crippen LogP contribution >= 0.6 is 0 Å². The Morgan fingerprint density at radius 2 is 2.35 bits per heavy atom. The van der Waals surface area contributed by atoms with E-state index in [1.54, 1.807) is 12.4 Å². The van der Waals surface area contributed by atoms with Crippen LogP contribution in [0.15, 0.2) is 23.0 Å². The van der Waals surface area contributed by atoms with Crippen molar-refractivity contribution in [2.24, 2.45) is 0 Å². The number of nitrogens with one attached hydrogen (secondary N) is 1. The Bertz CT molecular complexity index is 587. The minimum atomic E-state index is -0.0143. The van der Waals surface area contributed by atoms with E-state index in [0.29, 0.717) is 5.82 Å². The van der Waals surface area contributed by atoms with Gasteiger partial charge in [-0.2, -0.15) is 4.98 Å². The molecule has 1 fully saturated rings. The van der Waals surface area contributed by atoms with Crippen LogP contribution < -0.4 is 5.32 Å². The second kappa shape index (κ2) is 5.32. The summed E-state index contributed by atoms with van der Waals surface area (Å²) in [6.07, 6.45) is 6.83. The van der Waals surface area contributed by atoms with Gasteiger partial charge in [-0.25, -0.2) is 0 Å². The lowest BCUT2D eigenvalue weighted by Crippen LogP contribution is -2.43. The highest BCUT2D eigenvalue weighted by atomic mass is 16.5. The lowest BCUT2D eigenvalue weighted by atomic mass is 9.78. The third-order valence-electron chi connectivity index (χ3n) is 4.31. The van der Waals surface area contributed by atoms with Crippen molar-refractivity contribution in [3.8, 4) is 11.4 Å². The van der Waals surface area contributed by atoms with Gasteiger partial charge in [0.1, 0.15) is 0 Å². The van der Waals surface area contributed by atoms with Crippen molar-refractivity contribution in [3.63, 3.8) is 0 Å². The maximum Gasteiger partial charge on any atom is 0.234 e. The Hall–Kier alpha value is -1.75. The summed E-state index contributed by atoms with van der Waals surface area (Å²) in [6, 6.07) is 1.96. The molecule has 5 nitrogen and oxygen atoms in total. The van der Waals surface area contributed by atoms with Crippen LogP contribution in [-0.4, -0.2) is 28.2 Å². The van der Waals surface area contributed by atoms with Crippen LogP contribution in [0.3, 0.4) is 0 Å². The molecule has 2 aromatic heterocycles. The van der Waals surface area contributed by atoms with Gasteiger partial charge in [0.15, 0.2) is 0 Å². The van der Waals surface area contributed by atoms with E-state index in [4.69, 9.17) is 4.52 Å². The summed E-state index contributed by atoms with van der Waals surface area (Å²) in [5, 5.41) is 7.61. The van der Waals surface area contributed by atoms with E-state index in [1.165, 1.54) is 0 Å². The van der Waals surface area contributed by atoms with Gasteiger partial charge < -0.3 is 9.84 Å². The average Bonchev–Trinajstić information content (AvgIpc) is 2.98. The fourth-order valence-corrected chi connectivity index (χ4v) is 2.85. The molecule has 1 unspecified atom stereocenters. The van der Waals surface area contributed by atoms with Crippen molar-refractivity contribution >= 4 is 0 Å². The quantitative estimate of drug-likeness (QED) is 0.930. The second-order valence-corrected chi connectivity index (χ2v) is 5.53. The normalized spacial score (nSPS) is 22.9. The molecule has 0 bridgehead atoms. The third-order valence-corrected chi connectivity index (χ3v) is 4.31. The molecule has 3 heterocycles. The zero-order valence-corrected chi connectivity index (χ0v) is 12.0. The van der Waals surface area contributed by atoms with Gasteiger partial charge in [0.2, 0.25) is 11.7 Å². The standard InChI is InChI=1S/C15H20N4O/c1-3-15(6-4-7-17-10-15)14-18-13(19-20-14)12-9-16-8-5-11(12)2/h5,8-9,17H,3-4,6-7,10H2,1-2H3. The fourth-order valence-electron chi connectivity index (χ4n) is 2.85. The molecule has 3 rings (SSSR count). The van der Waals surface area contributed by atoms with Crippen molar-refractivity contribution in [2.45, 2.75) is 38.5 Å². The molecule has 1 atom stereocenters. The van der Waals surface area contributed by atoms with E-state index in [0.717, 1.165) is 49.4 Å². The van der Waals surface area contributed by atoms with Gasteiger partial charge in [0, 0.05) is 24.5 Å². The highest BCUT2D eigenvalue weighted by Gasteiger charge is 2.37. The summed E-state index contributed by atoms with van der Waals surface area (Å²) >= 11 is 0. The van der Waals surface area contributed by atoms with Gasteiger partial charge in [0.25, 0.3) is 0 Å². The van der Waals surface area contributed by atoms with Crippen molar-refractivity contribution in [2.75, 3.05) is 13.1 Å². The van der Waals surface area contributed by atoms with Gasteiger partial charge in [-0.15, -0.1) is 0 Å². The van der Waals surface area contributed by atoms with Crippen LogP contribution in [0.25, 0.3) is 11.4 Å². The van der Waals surface area contributed by atoms with Gasteiger partial charge >= 0.3 is 0 Å². The van der Waals surface area contributed by atoms with Crippen molar-refractivity contribution in [3.05, 3.63) is 29.9 Å². The van der Waals surface area contributed by atoms with E-state index in [-0.39, 0.29) is 5.41 Å². The molecule has 0 saturated carbocycles. The highest BCUT2D eigenvalue weighted by Crippen LogP contribution is 2.34. The van der Waals surface area contributed by atoms with Crippen molar-refractivity contribution in [1.82, 2.24) is 20.4 Å². The molecule has 0 radical (unpaired) electrons. The first-order chi connectivity index (χ1) is 9.75. The molecule has 1 aliphatic heterocycles. The third kappa shape index (κ3) is 2.22. The topological polar surface area (TPSA) is 63.8 Å². The number of nitrogens with zero attached hydrogens (tertiary/aromatic N) is 3. The lowest BCUT2D eigenvalue weighted by Gasteiger charge is -2.33. The maximum absolute atomic E-state index is 5.58. The Morgan fingerprint density at radius 3 is 3.05 bits per heavy atom. The van der Waals surface area contributed by atoms with E-state index in [2.05, 4.69) is 27.4 Å². The van der Waals surface area contributed by atoms with E-state index < -0.39 is 0 Å². The number of rotatable bonds is 3. The predicted octanol–water partition coefficient (Wildman–Crippen LogP) is 2.47. The molecule has 0 spiro atoms. The molecular weight excluding hydrogens is 252 g/mol. The van der Waals surface area contributed by atoms with Crippen molar-refractivity contribution < 1.29 is 4.52 Å². The SMILES string of the molecule is CCC1(c2nc(-c3cnccc3C)no2)CCCNC1. The largest absolute Gasteiger partial charge is 0.338 e. The van der Waals surface area contributed by atoms with Gasteiger partial charge in [0.05, 0.1) is 5.41 Å². The summed E-state index contributed by atoms with van der Waals surface area (Å²) in [5.74, 6) is 1.40. The zero-order valence-electron chi connectivity index (χ0n) is 12.0. The second-order valence-electron chi connectivity index (χ2n) is 5.53. The van der Waals surface area contributed by atoms with Gasteiger partial charge in [-0.05, 0) is 44.4 Å². The average molecular weight is 272 g/mol. The number of aromatic nitrogens is 3. The molecular formula is C15H20N4O. The number of hydrogen-bond donors (Lipinski definition) is 1. The maximum atomic E-state index is 5.58. The van der Waals surface area contributed by atoms with Crippen LogP contribution in [0.1, 0.15) is 37.6 Å². The van der Waals surface area contributed by atoms with Crippen LogP contribution in [0.2, 0.25) is 0 Å². The zero-order chi connectivity index (χ0) is 14.0. The molecule has 2 aromatic rings. The molecule has 0 aliphatic carbocycles. The Balaban J connectivity index is 1.95. The van der Waals surface area contributed by atoms with Crippen molar-refractivity contribution in [1.29, 1.82) is 0 Å². The van der Waals surface area contributed by atoms with E-state index >= 15 is 0 Å². The van der Waals surface area contributed by atoms with Crippen LogP contribution in [-0.2, 0) is 5.41 Å². The van der Waals surface area contributed by atoms with Crippen LogP contribution in [0, 0.1) is 6.92 Å². The minimum absolute atomic E-state index is 0.0143. The van der Waals surface area contributed by atoms with Gasteiger partial charge in [-0.1, -0.05) is 12.1 Å². The first-order valence-electron chi connectivity index (χ1n) is 7.21. The summed E-state index contributed by atoms with van der Waals surface area (Å²) in [6.45, 7) is 6.21. The van der Waals surface area contributed by atoms with Gasteiger partial charge in [-0.3, -0.25) is 4.98 Å². The molecule has 0 aromatic carbocycles. The summed E-state index contributed by atoms with van der Waals surface area (Å²) in [4.78, 5) is 8.80. The number of hydrogen-bond acceptors (Lipinski definition) is 5. The highest BCUT2D eigenvalue weighted by molar-refractivity contribution is 5.57. The fraction of sp³-hybridized carbons (Fsp3) is 0.533. The van der Waals surface area contributed by atoms with Crippen LogP contribution in [0.4, 0.5) is 0 Å². The van der Waals surface area contributed by atoms with Crippen LogP contribution in [0.5, 0.6) is 0 Å². The predicted molar refractivity (Wildman–Crippen MR) is 76.3 cm³/mol. The summed E-state index contributed by atoms with van der Waals surface area (Å²) < 4.78 is 5.58. The van der Waals surface area contributed by atoms with E-state index in [9.17, 15) is 0 Å². The first kappa shape index (κ1) is 13.2. The van der Waals surface area contributed by atoms with E-state index in [1.807, 2.05) is 13.0 Å². The number of pyridine rings is 1. The molecule has 1 saturated heterocycles. The molecule has 20 heavy (non-hydrogen) atoms. The lowest BCUT2D eigenvalue weighted by molar-refractivity contribution is 0.221. The molecule has 1 aliphatic rings. The molecule has 5 heteroatoms. The number of aryl methyl sites for hydroxylation is 1. The molecule has 106 valence electrons. The molecule has 0 amide bonds. The monoisotopic (exact) mass is 272 g/mol. The Labute approximate surface area is 118 Å². The first-order valence-corrected chi connectivity index (χ1v) is 7.21. The number of piperidine rings is 1.